The highest BCUT2D eigenvalue weighted by Crippen LogP contribution is 2.34. The third kappa shape index (κ3) is 1.77. The van der Waals surface area contributed by atoms with Crippen LogP contribution in [0.3, 0.4) is 0 Å². The molecule has 0 saturated heterocycles. The molecule has 1 aliphatic heterocycles. The monoisotopic (exact) mass is 215 g/mol. The fourth-order valence-electron chi connectivity index (χ4n) is 1.98. The molecule has 2 unspecified atom stereocenters. The molecule has 1 aromatic rings. The second-order valence-corrected chi connectivity index (χ2v) is 3.84. The smallest absolute Gasteiger partial charge is 0.232 e. The minimum Gasteiger partial charge on any atom is -0.325 e. The molecule has 1 aliphatic rings. The lowest BCUT2D eigenvalue weighted by molar-refractivity contribution is -0.117. The van der Waals surface area contributed by atoms with Crippen LogP contribution in [0.2, 0.25) is 0 Å². The minimum absolute atomic E-state index is 0.0169. The second kappa shape index (κ2) is 4.33. The molecule has 1 aromatic carbocycles. The Kier molecular flexibility index (Phi) is 2.88. The molecule has 1 amide bonds. The molecule has 2 rings (SSSR count). The molecule has 0 bridgehead atoms. The predicted octanol–water partition coefficient (Wildman–Crippen LogP) is 1.22. The van der Waals surface area contributed by atoms with Crippen LogP contribution in [0.25, 0.3) is 0 Å². The Bertz CT molecular complexity index is 450. The molecule has 82 valence electrons. The van der Waals surface area contributed by atoms with Crippen molar-refractivity contribution >= 4 is 11.6 Å². The zero-order valence-electron chi connectivity index (χ0n) is 9.03. The molecule has 0 saturated carbocycles. The van der Waals surface area contributed by atoms with Gasteiger partial charge in [-0.05, 0) is 25.1 Å². The molecule has 1 heterocycles. The number of amides is 1. The highest BCUT2D eigenvalue weighted by atomic mass is 16.2. The van der Waals surface area contributed by atoms with E-state index in [-0.39, 0.29) is 17.9 Å². The van der Waals surface area contributed by atoms with E-state index in [1.165, 1.54) is 0 Å². The molecule has 0 fully saturated rings. The van der Waals surface area contributed by atoms with Gasteiger partial charge < -0.3 is 10.6 Å². The van der Waals surface area contributed by atoms with E-state index >= 15 is 0 Å². The topological polar surface area (TPSA) is 64.9 Å². The standard InChI is InChI=1S/C12H13N3O/c1-14-8(7-13)6-10-9-4-2-3-5-11(9)15-12(10)16/h2-5,8,10,14H,6H2,1H3,(H,15,16). The van der Waals surface area contributed by atoms with Crippen LogP contribution in [-0.4, -0.2) is 19.0 Å². The van der Waals surface area contributed by atoms with Gasteiger partial charge in [0.15, 0.2) is 0 Å². The van der Waals surface area contributed by atoms with E-state index in [9.17, 15) is 4.79 Å². The van der Waals surface area contributed by atoms with Crippen LogP contribution in [0.5, 0.6) is 0 Å². The SMILES string of the molecule is CNC(C#N)CC1C(=O)Nc2ccccc21. The molecule has 2 N–H and O–H groups in total. The summed E-state index contributed by atoms with van der Waals surface area (Å²) in [6, 6.07) is 9.46. The zero-order valence-corrected chi connectivity index (χ0v) is 9.03. The molecule has 0 spiro atoms. The Morgan fingerprint density at radius 1 is 1.56 bits per heavy atom. The van der Waals surface area contributed by atoms with Gasteiger partial charge >= 0.3 is 0 Å². The lowest BCUT2D eigenvalue weighted by Crippen LogP contribution is -2.27. The first-order valence-corrected chi connectivity index (χ1v) is 5.23. The Labute approximate surface area is 94.3 Å². The summed E-state index contributed by atoms with van der Waals surface area (Å²) in [6.07, 6.45) is 0.510. The summed E-state index contributed by atoms with van der Waals surface area (Å²) in [6.45, 7) is 0. The van der Waals surface area contributed by atoms with Crippen molar-refractivity contribution in [1.82, 2.24) is 5.32 Å². The molecule has 2 atom stereocenters. The van der Waals surface area contributed by atoms with Crippen LogP contribution in [0, 0.1) is 11.3 Å². The number of anilines is 1. The summed E-state index contributed by atoms with van der Waals surface area (Å²) >= 11 is 0. The van der Waals surface area contributed by atoms with E-state index in [0.717, 1.165) is 11.3 Å². The van der Waals surface area contributed by atoms with Crippen molar-refractivity contribution in [3.63, 3.8) is 0 Å². The number of benzene rings is 1. The number of rotatable bonds is 3. The highest BCUT2D eigenvalue weighted by Gasteiger charge is 2.31. The van der Waals surface area contributed by atoms with E-state index in [2.05, 4.69) is 16.7 Å². The normalized spacial score (nSPS) is 19.8. The largest absolute Gasteiger partial charge is 0.325 e. The first-order valence-electron chi connectivity index (χ1n) is 5.23. The first kappa shape index (κ1) is 10.7. The maximum atomic E-state index is 11.8. The maximum Gasteiger partial charge on any atom is 0.232 e. The van der Waals surface area contributed by atoms with Gasteiger partial charge in [0.1, 0.15) is 0 Å². The predicted molar refractivity (Wildman–Crippen MR) is 60.9 cm³/mol. The van der Waals surface area contributed by atoms with Crippen LogP contribution in [0.1, 0.15) is 17.9 Å². The van der Waals surface area contributed by atoms with Crippen LogP contribution >= 0.6 is 0 Å². The van der Waals surface area contributed by atoms with Crippen molar-refractivity contribution in [2.24, 2.45) is 0 Å². The quantitative estimate of drug-likeness (QED) is 0.796. The molecule has 4 nitrogen and oxygen atoms in total. The highest BCUT2D eigenvalue weighted by molar-refractivity contribution is 6.02. The van der Waals surface area contributed by atoms with Gasteiger partial charge in [-0.15, -0.1) is 0 Å². The molecule has 16 heavy (non-hydrogen) atoms. The third-order valence-corrected chi connectivity index (χ3v) is 2.89. The minimum atomic E-state index is -0.290. The number of hydrogen-bond acceptors (Lipinski definition) is 3. The summed E-state index contributed by atoms with van der Waals surface area (Å²) in [4.78, 5) is 11.8. The molecule has 0 aliphatic carbocycles. The van der Waals surface area contributed by atoms with Gasteiger partial charge in [0.2, 0.25) is 5.91 Å². The molecular weight excluding hydrogens is 202 g/mol. The van der Waals surface area contributed by atoms with Gasteiger partial charge in [-0.1, -0.05) is 18.2 Å². The number of carbonyl (C=O) groups is 1. The summed E-state index contributed by atoms with van der Waals surface area (Å²) in [5.41, 5.74) is 1.85. The van der Waals surface area contributed by atoms with Crippen molar-refractivity contribution in [2.75, 3.05) is 12.4 Å². The summed E-state index contributed by atoms with van der Waals surface area (Å²) in [5.74, 6) is -0.231. The Balaban J connectivity index is 2.23. The van der Waals surface area contributed by atoms with Gasteiger partial charge in [-0.3, -0.25) is 4.79 Å². The average Bonchev–Trinajstić information content (AvgIpc) is 2.62. The van der Waals surface area contributed by atoms with Crippen molar-refractivity contribution in [3.8, 4) is 6.07 Å². The van der Waals surface area contributed by atoms with Crippen LogP contribution in [0.4, 0.5) is 5.69 Å². The number of nitriles is 1. The number of fused-ring (bicyclic) bond motifs is 1. The van der Waals surface area contributed by atoms with E-state index in [1.54, 1.807) is 7.05 Å². The van der Waals surface area contributed by atoms with Crippen molar-refractivity contribution in [2.45, 2.75) is 18.4 Å². The number of para-hydroxylation sites is 1. The van der Waals surface area contributed by atoms with Crippen LogP contribution < -0.4 is 10.6 Å². The molecule has 0 aromatic heterocycles. The maximum absolute atomic E-state index is 11.8. The zero-order chi connectivity index (χ0) is 11.5. The summed E-state index contributed by atoms with van der Waals surface area (Å²) in [5, 5.41) is 14.6. The van der Waals surface area contributed by atoms with E-state index < -0.39 is 0 Å². The van der Waals surface area contributed by atoms with Crippen molar-refractivity contribution in [3.05, 3.63) is 29.8 Å². The van der Waals surface area contributed by atoms with Gasteiger partial charge in [0.05, 0.1) is 18.0 Å². The van der Waals surface area contributed by atoms with Gasteiger partial charge in [-0.2, -0.15) is 5.26 Å². The Morgan fingerprint density at radius 3 is 3.00 bits per heavy atom. The lowest BCUT2D eigenvalue weighted by Gasteiger charge is -2.12. The average molecular weight is 215 g/mol. The van der Waals surface area contributed by atoms with E-state index in [1.807, 2.05) is 24.3 Å². The van der Waals surface area contributed by atoms with E-state index in [0.29, 0.717) is 6.42 Å². The van der Waals surface area contributed by atoms with Crippen molar-refractivity contribution in [1.29, 1.82) is 5.26 Å². The van der Waals surface area contributed by atoms with Gasteiger partial charge in [-0.25, -0.2) is 0 Å². The van der Waals surface area contributed by atoms with Crippen molar-refractivity contribution < 1.29 is 4.79 Å². The van der Waals surface area contributed by atoms with Crippen LogP contribution in [0.15, 0.2) is 24.3 Å². The number of nitrogens with zero attached hydrogens (tertiary/aromatic N) is 1. The molecular formula is C12H13N3O. The third-order valence-electron chi connectivity index (χ3n) is 2.89. The van der Waals surface area contributed by atoms with Gasteiger partial charge in [0, 0.05) is 5.69 Å². The lowest BCUT2D eigenvalue weighted by atomic mass is 9.94. The summed E-state index contributed by atoms with van der Waals surface area (Å²) in [7, 11) is 1.73. The molecule has 0 radical (unpaired) electrons. The van der Waals surface area contributed by atoms with E-state index in [4.69, 9.17) is 5.26 Å². The summed E-state index contributed by atoms with van der Waals surface area (Å²) < 4.78 is 0. The van der Waals surface area contributed by atoms with Crippen LogP contribution in [-0.2, 0) is 4.79 Å². The van der Waals surface area contributed by atoms with Gasteiger partial charge in [0.25, 0.3) is 0 Å². The Hall–Kier alpha value is -1.86. The number of carbonyl (C=O) groups excluding carboxylic acids is 1. The Morgan fingerprint density at radius 2 is 2.31 bits per heavy atom. The first-order chi connectivity index (χ1) is 7.76. The fourth-order valence-corrected chi connectivity index (χ4v) is 1.98. The number of nitrogens with one attached hydrogen (secondary N) is 2. The number of hydrogen-bond donors (Lipinski definition) is 2. The molecule has 4 heteroatoms. The fraction of sp³-hybridized carbons (Fsp3) is 0.333. The second-order valence-electron chi connectivity index (χ2n) is 3.84.